The summed E-state index contributed by atoms with van der Waals surface area (Å²) in [5, 5.41) is 11.3. The van der Waals surface area contributed by atoms with E-state index < -0.39 is 34.6 Å². The summed E-state index contributed by atoms with van der Waals surface area (Å²) < 4.78 is 26.0. The number of rotatable bonds is 6. The molecular formula is C12H14F2N2O3. The minimum absolute atomic E-state index is 0.286. The minimum atomic E-state index is -1.49. The van der Waals surface area contributed by atoms with E-state index in [1.54, 1.807) is 0 Å². The molecule has 0 aromatic heterocycles. The Morgan fingerprint density at radius 1 is 1.16 bits per heavy atom. The highest BCUT2D eigenvalue weighted by Gasteiger charge is 2.20. The van der Waals surface area contributed by atoms with Crippen LogP contribution in [0.1, 0.15) is 33.6 Å². The summed E-state index contributed by atoms with van der Waals surface area (Å²) >= 11 is 0. The van der Waals surface area contributed by atoms with E-state index >= 15 is 0 Å². The van der Waals surface area contributed by atoms with Gasteiger partial charge in [0.25, 0.3) is 5.91 Å². The van der Waals surface area contributed by atoms with Crippen molar-refractivity contribution in [2.24, 2.45) is 5.73 Å². The van der Waals surface area contributed by atoms with E-state index in [1.165, 1.54) is 0 Å². The number of aromatic carboxylic acids is 1. The zero-order valence-electron chi connectivity index (χ0n) is 10.1. The first-order chi connectivity index (χ1) is 8.97. The van der Waals surface area contributed by atoms with Gasteiger partial charge in [-0.1, -0.05) is 0 Å². The smallest absolute Gasteiger partial charge is 0.336 e. The minimum Gasteiger partial charge on any atom is -0.478 e. The van der Waals surface area contributed by atoms with Crippen molar-refractivity contribution >= 4 is 11.9 Å². The first-order valence-corrected chi connectivity index (χ1v) is 5.68. The molecule has 0 saturated carbocycles. The van der Waals surface area contributed by atoms with E-state index in [1.807, 2.05) is 0 Å². The van der Waals surface area contributed by atoms with Gasteiger partial charge >= 0.3 is 5.97 Å². The zero-order chi connectivity index (χ0) is 14.4. The van der Waals surface area contributed by atoms with Crippen LogP contribution in [0.5, 0.6) is 0 Å². The Labute approximate surface area is 108 Å². The van der Waals surface area contributed by atoms with Crippen LogP contribution in [-0.4, -0.2) is 30.1 Å². The molecular weight excluding hydrogens is 258 g/mol. The highest BCUT2D eigenvalue weighted by atomic mass is 19.2. The largest absolute Gasteiger partial charge is 0.478 e. The van der Waals surface area contributed by atoms with Crippen molar-refractivity contribution in [2.75, 3.05) is 13.1 Å². The normalized spacial score (nSPS) is 10.3. The maximum Gasteiger partial charge on any atom is 0.336 e. The lowest BCUT2D eigenvalue weighted by Crippen LogP contribution is -2.27. The number of halogens is 2. The van der Waals surface area contributed by atoms with Gasteiger partial charge in [0, 0.05) is 6.54 Å². The molecule has 0 fully saturated rings. The first kappa shape index (κ1) is 15.0. The van der Waals surface area contributed by atoms with Crippen molar-refractivity contribution in [3.8, 4) is 0 Å². The molecule has 0 aliphatic carbocycles. The zero-order valence-corrected chi connectivity index (χ0v) is 10.1. The lowest BCUT2D eigenvalue weighted by Gasteiger charge is -2.08. The van der Waals surface area contributed by atoms with Crippen molar-refractivity contribution in [1.29, 1.82) is 0 Å². The summed E-state index contributed by atoms with van der Waals surface area (Å²) in [6, 6.07) is 1.07. The number of benzene rings is 1. The van der Waals surface area contributed by atoms with E-state index in [0.29, 0.717) is 31.5 Å². The van der Waals surface area contributed by atoms with Crippen LogP contribution in [0.2, 0.25) is 0 Å². The van der Waals surface area contributed by atoms with Gasteiger partial charge in [-0.3, -0.25) is 4.79 Å². The Morgan fingerprint density at radius 2 is 1.74 bits per heavy atom. The lowest BCUT2D eigenvalue weighted by molar-refractivity contribution is 0.0690. The molecule has 0 bridgehead atoms. The number of amides is 1. The van der Waals surface area contributed by atoms with Crippen LogP contribution in [0.3, 0.4) is 0 Å². The van der Waals surface area contributed by atoms with Crippen LogP contribution >= 0.6 is 0 Å². The molecule has 1 amide bonds. The second-order valence-corrected chi connectivity index (χ2v) is 3.87. The number of carbonyl (C=O) groups excluding carboxylic acids is 1. The second kappa shape index (κ2) is 6.79. The van der Waals surface area contributed by atoms with Gasteiger partial charge in [0.1, 0.15) is 0 Å². The maximum atomic E-state index is 13.1. The number of hydrogen-bond donors (Lipinski definition) is 3. The van der Waals surface area contributed by atoms with Crippen LogP contribution < -0.4 is 11.1 Å². The van der Waals surface area contributed by atoms with Gasteiger partial charge < -0.3 is 16.2 Å². The first-order valence-electron chi connectivity index (χ1n) is 5.68. The highest BCUT2D eigenvalue weighted by molar-refractivity contribution is 6.04. The predicted octanol–water partition coefficient (Wildman–Crippen LogP) is 1.13. The average molecular weight is 272 g/mol. The van der Waals surface area contributed by atoms with E-state index in [2.05, 4.69) is 5.32 Å². The quantitative estimate of drug-likeness (QED) is 0.677. The van der Waals surface area contributed by atoms with Crippen LogP contribution in [0.4, 0.5) is 8.78 Å². The van der Waals surface area contributed by atoms with Crippen molar-refractivity contribution in [1.82, 2.24) is 5.32 Å². The Hall–Kier alpha value is -2.02. The van der Waals surface area contributed by atoms with Gasteiger partial charge in [-0.15, -0.1) is 0 Å². The number of carbonyl (C=O) groups is 2. The second-order valence-electron chi connectivity index (χ2n) is 3.87. The molecule has 19 heavy (non-hydrogen) atoms. The van der Waals surface area contributed by atoms with E-state index in [4.69, 9.17) is 10.8 Å². The number of nitrogens with one attached hydrogen (secondary N) is 1. The summed E-state index contributed by atoms with van der Waals surface area (Å²) in [7, 11) is 0. The van der Waals surface area contributed by atoms with Crippen LogP contribution in [0, 0.1) is 11.6 Å². The number of carboxylic acids is 1. The van der Waals surface area contributed by atoms with E-state index in [9.17, 15) is 18.4 Å². The molecule has 0 aliphatic heterocycles. The third-order valence-electron chi connectivity index (χ3n) is 2.45. The average Bonchev–Trinajstić information content (AvgIpc) is 2.36. The standard InChI is InChI=1S/C12H14F2N2O3/c13-9-5-7(8(12(18)19)6-10(9)14)11(17)16-4-2-1-3-15/h5-6H,1-4,15H2,(H,16,17)(H,18,19). The number of nitrogens with two attached hydrogens (primary N) is 1. The van der Waals surface area contributed by atoms with Crippen molar-refractivity contribution in [2.45, 2.75) is 12.8 Å². The van der Waals surface area contributed by atoms with Crippen LogP contribution in [0.15, 0.2) is 12.1 Å². The predicted molar refractivity (Wildman–Crippen MR) is 63.9 cm³/mol. The summed E-state index contributed by atoms with van der Waals surface area (Å²) in [6.07, 6.45) is 1.32. The highest BCUT2D eigenvalue weighted by Crippen LogP contribution is 2.15. The fourth-order valence-electron chi connectivity index (χ4n) is 1.48. The topological polar surface area (TPSA) is 92.4 Å². The van der Waals surface area contributed by atoms with Gasteiger partial charge in [-0.25, -0.2) is 13.6 Å². The summed E-state index contributed by atoms with van der Waals surface area (Å²) in [5.41, 5.74) is 4.30. The Bertz CT molecular complexity index is 492. The van der Waals surface area contributed by atoms with Crippen molar-refractivity contribution in [3.05, 3.63) is 34.9 Å². The molecule has 1 rings (SSSR count). The van der Waals surface area contributed by atoms with Crippen LogP contribution in [-0.2, 0) is 0 Å². The molecule has 0 atom stereocenters. The summed E-state index contributed by atoms with van der Waals surface area (Å²) in [6.45, 7) is 0.759. The fraction of sp³-hybridized carbons (Fsp3) is 0.333. The molecule has 104 valence electrons. The molecule has 4 N–H and O–H groups in total. The van der Waals surface area contributed by atoms with Gasteiger partial charge in [-0.05, 0) is 31.5 Å². The molecule has 7 heteroatoms. The number of hydrogen-bond acceptors (Lipinski definition) is 3. The van der Waals surface area contributed by atoms with Gasteiger partial charge in [0.2, 0.25) is 0 Å². The molecule has 0 saturated heterocycles. The monoisotopic (exact) mass is 272 g/mol. The number of unbranched alkanes of at least 4 members (excludes halogenated alkanes) is 1. The molecule has 0 radical (unpaired) electrons. The molecule has 0 unspecified atom stereocenters. The SMILES string of the molecule is NCCCCNC(=O)c1cc(F)c(F)cc1C(=O)O. The Kier molecular flexibility index (Phi) is 5.37. The van der Waals surface area contributed by atoms with E-state index in [-0.39, 0.29) is 6.54 Å². The summed E-state index contributed by atoms with van der Waals surface area (Å²) in [4.78, 5) is 22.6. The van der Waals surface area contributed by atoms with Crippen molar-refractivity contribution in [3.63, 3.8) is 0 Å². The van der Waals surface area contributed by atoms with Crippen LogP contribution in [0.25, 0.3) is 0 Å². The molecule has 0 heterocycles. The molecule has 1 aromatic carbocycles. The molecule has 0 spiro atoms. The Balaban J connectivity index is 2.89. The Morgan fingerprint density at radius 3 is 2.26 bits per heavy atom. The van der Waals surface area contributed by atoms with E-state index in [0.717, 1.165) is 0 Å². The molecule has 1 aromatic rings. The molecule has 0 aliphatic rings. The third kappa shape index (κ3) is 3.99. The maximum absolute atomic E-state index is 13.1. The molecule has 5 nitrogen and oxygen atoms in total. The van der Waals surface area contributed by atoms with Gasteiger partial charge in [-0.2, -0.15) is 0 Å². The fourth-order valence-corrected chi connectivity index (χ4v) is 1.48. The van der Waals surface area contributed by atoms with Crippen molar-refractivity contribution < 1.29 is 23.5 Å². The lowest BCUT2D eigenvalue weighted by atomic mass is 10.1. The third-order valence-corrected chi connectivity index (χ3v) is 2.45. The van der Waals surface area contributed by atoms with Gasteiger partial charge in [0.15, 0.2) is 11.6 Å². The van der Waals surface area contributed by atoms with Gasteiger partial charge in [0.05, 0.1) is 11.1 Å². The summed E-state index contributed by atoms with van der Waals surface area (Å²) in [5.74, 6) is -4.83. The number of carboxylic acid groups (broad SMARTS) is 1.